The van der Waals surface area contributed by atoms with Crippen LogP contribution in [0.2, 0.25) is 0 Å². The number of carbonyl (C=O) groups is 5. The Balaban J connectivity index is 1.49. The van der Waals surface area contributed by atoms with Crippen LogP contribution in [0.4, 0.5) is 5.13 Å². The number of aliphatic imine (C=N–C) groups is 1. The lowest BCUT2D eigenvalue weighted by Crippen LogP contribution is -2.71. The van der Waals surface area contributed by atoms with Gasteiger partial charge < -0.3 is 21.0 Å². The Hall–Kier alpha value is -3.64. The number of thioether (sulfide) groups is 2. The maximum atomic E-state index is 12.9. The number of amides is 4. The largest absolute Gasteiger partial charge is 0.477 e. The van der Waals surface area contributed by atoms with Gasteiger partial charge in [0.1, 0.15) is 37.0 Å². The highest BCUT2D eigenvalue weighted by molar-refractivity contribution is 8.13. The van der Waals surface area contributed by atoms with Gasteiger partial charge in [0, 0.05) is 21.9 Å². The van der Waals surface area contributed by atoms with Crippen molar-refractivity contribution in [1.29, 1.82) is 0 Å². The molecule has 1 fully saturated rings. The molecule has 188 valence electrons. The van der Waals surface area contributed by atoms with Crippen molar-refractivity contribution in [3.63, 3.8) is 0 Å². The number of hydrogen-bond donors (Lipinski definition) is 3. The lowest BCUT2D eigenvalue weighted by Gasteiger charge is -2.49. The minimum absolute atomic E-state index is 0.0816. The molecule has 4 rings (SSSR count). The fourth-order valence-corrected chi connectivity index (χ4v) is 6.34. The van der Waals surface area contributed by atoms with Crippen LogP contribution < -0.4 is 11.1 Å². The Labute approximate surface area is 214 Å². The number of nitrogen functional groups attached to an aromatic ring is 1. The lowest BCUT2D eigenvalue weighted by molar-refractivity contribution is -0.440. The molecule has 0 saturated carbocycles. The third kappa shape index (κ3) is 4.73. The van der Waals surface area contributed by atoms with Crippen molar-refractivity contribution in [2.75, 3.05) is 31.4 Å². The van der Waals surface area contributed by atoms with Gasteiger partial charge in [-0.2, -0.15) is 0 Å². The van der Waals surface area contributed by atoms with E-state index in [1.54, 1.807) is 0 Å². The van der Waals surface area contributed by atoms with Gasteiger partial charge in [-0.3, -0.25) is 19.3 Å². The first-order valence-electron chi connectivity index (χ1n) is 9.91. The van der Waals surface area contributed by atoms with Gasteiger partial charge in [0.2, 0.25) is 0 Å². The fourth-order valence-electron chi connectivity index (χ4n) is 3.40. The Morgan fingerprint density at radius 3 is 2.78 bits per heavy atom. The molecule has 15 nitrogen and oxygen atoms in total. The number of aliphatic carboxylic acids is 1. The molecule has 18 heteroatoms. The van der Waals surface area contributed by atoms with E-state index >= 15 is 0 Å². The summed E-state index contributed by atoms with van der Waals surface area (Å²) in [5.74, 6) is -4.37. The van der Waals surface area contributed by atoms with Crippen molar-refractivity contribution >= 4 is 80.5 Å². The number of β-lactam (4-membered cyclic amide) rings is 1. The number of nitrogens with zero attached hydrogens (tertiary/aromatic N) is 6. The number of nitrogens with two attached hydrogens (primary N) is 1. The zero-order valence-electron chi connectivity index (χ0n) is 18.5. The van der Waals surface area contributed by atoms with Crippen LogP contribution in [0.1, 0.15) is 5.69 Å². The number of amidine groups is 1. The quantitative estimate of drug-likeness (QED) is 0.123. The van der Waals surface area contributed by atoms with Gasteiger partial charge in [-0.15, -0.1) is 27.8 Å². The van der Waals surface area contributed by atoms with E-state index in [2.05, 4.69) is 25.6 Å². The van der Waals surface area contributed by atoms with Crippen LogP contribution in [0, 0.1) is 0 Å². The summed E-state index contributed by atoms with van der Waals surface area (Å²) in [5, 5.41) is 20.8. The van der Waals surface area contributed by atoms with Crippen LogP contribution in [-0.4, -0.2) is 97.2 Å². The molecular formula is C18H17N8O7S3+. The zero-order chi connectivity index (χ0) is 26.1. The van der Waals surface area contributed by atoms with Gasteiger partial charge in [0.25, 0.3) is 11.8 Å². The Bertz CT molecular complexity index is 1320. The Morgan fingerprint density at radius 1 is 1.39 bits per heavy atom. The molecular weight excluding hydrogens is 536 g/mol. The third-order valence-corrected chi connectivity index (χ3v) is 8.09. The van der Waals surface area contributed by atoms with E-state index < -0.39 is 41.0 Å². The van der Waals surface area contributed by atoms with Crippen molar-refractivity contribution in [2.45, 2.75) is 11.4 Å². The molecule has 4 N–H and O–H groups in total. The summed E-state index contributed by atoms with van der Waals surface area (Å²) < 4.78 is 1.13. The Morgan fingerprint density at radius 2 is 2.14 bits per heavy atom. The number of thiazole rings is 1. The van der Waals surface area contributed by atoms with E-state index in [-0.39, 0.29) is 38.9 Å². The number of oxime groups is 1. The maximum Gasteiger partial charge on any atom is 0.446 e. The van der Waals surface area contributed by atoms with Gasteiger partial charge in [0.05, 0.1) is 0 Å². The number of carboxylic acids is 1. The highest BCUT2D eigenvalue weighted by atomic mass is 32.2. The van der Waals surface area contributed by atoms with Crippen LogP contribution in [0.25, 0.3) is 0 Å². The molecule has 0 spiro atoms. The molecule has 1 saturated heterocycles. The molecule has 0 unspecified atom stereocenters. The highest BCUT2D eigenvalue weighted by Crippen LogP contribution is 2.41. The first-order chi connectivity index (χ1) is 17.1. The van der Waals surface area contributed by atoms with Crippen LogP contribution in [0.5, 0.6) is 0 Å². The smallest absolute Gasteiger partial charge is 0.446 e. The van der Waals surface area contributed by atoms with Crippen molar-refractivity contribution < 1.29 is 38.6 Å². The number of azo groups is 2. The number of hydrogen-bond acceptors (Lipinski definition) is 12. The van der Waals surface area contributed by atoms with Gasteiger partial charge in [-0.25, -0.2) is 14.6 Å². The molecule has 1 aromatic rings. The van der Waals surface area contributed by atoms with Gasteiger partial charge >= 0.3 is 23.0 Å². The SMILES string of the molecule is CO/N=C(\C(=O)N[C@@H]1C(=O)N2C(C(=O)O)=C(CSC3=NC(=O)C(=O)N=[N+]3C)CS[C@H]12)c1csc(N)n1. The second-order valence-corrected chi connectivity index (χ2v) is 10.2. The number of carbonyl (C=O) groups excluding carboxylic acids is 4. The summed E-state index contributed by atoms with van der Waals surface area (Å²) in [6.07, 6.45) is 0. The number of aromatic nitrogens is 1. The lowest BCUT2D eigenvalue weighted by atomic mass is 10.0. The van der Waals surface area contributed by atoms with E-state index in [9.17, 15) is 29.1 Å². The van der Waals surface area contributed by atoms with Crippen LogP contribution >= 0.6 is 34.9 Å². The van der Waals surface area contributed by atoms with Crippen molar-refractivity contribution in [1.82, 2.24) is 15.2 Å². The van der Waals surface area contributed by atoms with Gasteiger partial charge in [0.15, 0.2) is 10.8 Å². The van der Waals surface area contributed by atoms with E-state index in [1.807, 2.05) is 0 Å². The first kappa shape index (κ1) is 25.5. The summed E-state index contributed by atoms with van der Waals surface area (Å²) in [4.78, 5) is 74.1. The van der Waals surface area contributed by atoms with Crippen molar-refractivity contribution in [3.8, 4) is 0 Å². The number of anilines is 1. The average molecular weight is 554 g/mol. The number of rotatable bonds is 7. The predicted molar refractivity (Wildman–Crippen MR) is 128 cm³/mol. The molecule has 0 aliphatic carbocycles. The van der Waals surface area contributed by atoms with E-state index in [0.29, 0.717) is 5.57 Å². The topological polar surface area (TPSA) is 209 Å². The van der Waals surface area contributed by atoms with Crippen molar-refractivity contribution in [3.05, 3.63) is 22.3 Å². The third-order valence-electron chi connectivity index (χ3n) is 4.97. The molecule has 0 radical (unpaired) electrons. The first-order valence-corrected chi connectivity index (χ1v) is 12.8. The minimum Gasteiger partial charge on any atom is -0.477 e. The molecule has 0 bridgehead atoms. The van der Waals surface area contributed by atoms with E-state index in [4.69, 9.17) is 10.6 Å². The molecule has 2 atom stereocenters. The summed E-state index contributed by atoms with van der Waals surface area (Å²) >= 11 is 3.37. The summed E-state index contributed by atoms with van der Waals surface area (Å²) in [6, 6.07) is -1.000. The molecule has 36 heavy (non-hydrogen) atoms. The van der Waals surface area contributed by atoms with E-state index in [1.165, 1.54) is 31.3 Å². The summed E-state index contributed by atoms with van der Waals surface area (Å²) in [6.45, 7) is 0. The monoisotopic (exact) mass is 553 g/mol. The molecule has 4 heterocycles. The molecule has 3 aliphatic heterocycles. The number of carboxylic acid groups (broad SMARTS) is 1. The minimum atomic E-state index is -1.32. The molecule has 4 amide bonds. The van der Waals surface area contributed by atoms with E-state index in [0.717, 1.165) is 32.7 Å². The fraction of sp³-hybridized carbons (Fsp3) is 0.333. The van der Waals surface area contributed by atoms with Crippen LogP contribution in [-0.2, 0) is 28.8 Å². The molecule has 0 aromatic carbocycles. The number of nitrogens with one attached hydrogen (secondary N) is 1. The highest BCUT2D eigenvalue weighted by Gasteiger charge is 2.54. The van der Waals surface area contributed by atoms with Gasteiger partial charge in [-0.1, -0.05) is 5.16 Å². The summed E-state index contributed by atoms with van der Waals surface area (Å²) in [7, 11) is 2.68. The summed E-state index contributed by atoms with van der Waals surface area (Å²) in [5.41, 5.74) is 5.81. The second kappa shape index (κ2) is 10.2. The number of fused-ring (bicyclic) bond motifs is 1. The van der Waals surface area contributed by atoms with Gasteiger partial charge in [-0.05, 0) is 22.4 Å². The van der Waals surface area contributed by atoms with Crippen LogP contribution in [0.15, 0.2) is 31.9 Å². The predicted octanol–water partition coefficient (Wildman–Crippen LogP) is -0.935. The zero-order valence-corrected chi connectivity index (χ0v) is 21.0. The standard InChI is InChI=1S/C18H16N8O7S3/c1-25-18(22-12(28)13(29)23-25)36-4-6-3-34-15-9(14(30)26(15)10(6)16(31)32)21-11(27)8(24-33-2)7-5-35-17(19)20-7/h5,9,15H,3-4H2,1-2H3,(H3-,19,20,21,27,31,32)/p+1/b24-8-/t9-,15-/m1/s1. The Kier molecular flexibility index (Phi) is 7.18. The van der Waals surface area contributed by atoms with Crippen molar-refractivity contribution in [2.24, 2.45) is 15.3 Å². The molecule has 1 aromatic heterocycles. The molecule has 3 aliphatic rings. The second-order valence-electron chi connectivity index (χ2n) is 7.23. The maximum absolute atomic E-state index is 12.9. The normalized spacial score (nSPS) is 22.0. The van der Waals surface area contributed by atoms with Crippen LogP contribution in [0.3, 0.4) is 0 Å². The average Bonchev–Trinajstić information content (AvgIpc) is 3.27.